The third-order valence-electron chi connectivity index (χ3n) is 2.90. The maximum Gasteiger partial charge on any atom is 0.318 e. The maximum atomic E-state index is 12.7. The summed E-state index contributed by atoms with van der Waals surface area (Å²) in [6.07, 6.45) is 4.03. The first-order chi connectivity index (χ1) is 10.2. The Morgan fingerprint density at radius 1 is 1.05 bits per heavy atom. The standard InChI is InChI=1S/C17H17FN2O/c18-16-8-6-15(7-9-16)11-13-20-17(21)19-12-10-14-4-2-1-3-5-14/h1-9,11,13H,10,12H2,(H2,19,20,21)/b13-11+. The van der Waals surface area contributed by atoms with Gasteiger partial charge in [0.05, 0.1) is 0 Å². The number of carbonyl (C=O) groups is 1. The molecule has 2 amide bonds. The summed E-state index contributed by atoms with van der Waals surface area (Å²) in [7, 11) is 0. The number of hydrogen-bond donors (Lipinski definition) is 2. The quantitative estimate of drug-likeness (QED) is 0.868. The van der Waals surface area contributed by atoms with E-state index >= 15 is 0 Å². The average molecular weight is 284 g/mol. The van der Waals surface area contributed by atoms with Gasteiger partial charge in [0.1, 0.15) is 5.82 Å². The van der Waals surface area contributed by atoms with E-state index in [0.717, 1.165) is 12.0 Å². The largest absolute Gasteiger partial charge is 0.338 e. The fraction of sp³-hybridized carbons (Fsp3) is 0.118. The maximum absolute atomic E-state index is 12.7. The first kappa shape index (κ1) is 14.8. The zero-order chi connectivity index (χ0) is 14.9. The van der Waals surface area contributed by atoms with E-state index in [1.807, 2.05) is 30.3 Å². The Kier molecular flexibility index (Phi) is 5.52. The molecule has 0 saturated carbocycles. The van der Waals surface area contributed by atoms with E-state index in [1.54, 1.807) is 18.2 Å². The van der Waals surface area contributed by atoms with Crippen LogP contribution in [-0.2, 0) is 6.42 Å². The van der Waals surface area contributed by atoms with Crippen LogP contribution >= 0.6 is 0 Å². The van der Waals surface area contributed by atoms with Crippen LogP contribution < -0.4 is 10.6 Å². The zero-order valence-corrected chi connectivity index (χ0v) is 11.6. The molecule has 2 aromatic carbocycles. The molecule has 2 aromatic rings. The fourth-order valence-electron chi connectivity index (χ4n) is 1.80. The van der Waals surface area contributed by atoms with Crippen molar-refractivity contribution in [3.63, 3.8) is 0 Å². The van der Waals surface area contributed by atoms with Gasteiger partial charge in [-0.3, -0.25) is 0 Å². The molecule has 21 heavy (non-hydrogen) atoms. The molecule has 4 heteroatoms. The van der Waals surface area contributed by atoms with Crippen LogP contribution in [0.5, 0.6) is 0 Å². The van der Waals surface area contributed by atoms with Crippen molar-refractivity contribution in [1.29, 1.82) is 0 Å². The normalized spacial score (nSPS) is 10.5. The predicted molar refractivity (Wildman–Crippen MR) is 82.1 cm³/mol. The van der Waals surface area contributed by atoms with Crippen LogP contribution in [0, 0.1) is 5.82 Å². The molecule has 108 valence electrons. The Labute approximate surface area is 123 Å². The summed E-state index contributed by atoms with van der Waals surface area (Å²) in [5, 5.41) is 5.37. The van der Waals surface area contributed by atoms with Gasteiger partial charge in [-0.05, 0) is 35.8 Å². The van der Waals surface area contributed by atoms with E-state index in [4.69, 9.17) is 0 Å². The second-order valence-corrected chi connectivity index (χ2v) is 4.52. The highest BCUT2D eigenvalue weighted by Crippen LogP contribution is 2.03. The van der Waals surface area contributed by atoms with Crippen LogP contribution in [0.1, 0.15) is 11.1 Å². The van der Waals surface area contributed by atoms with Crippen LogP contribution in [0.3, 0.4) is 0 Å². The highest BCUT2D eigenvalue weighted by molar-refractivity contribution is 5.75. The summed E-state index contributed by atoms with van der Waals surface area (Å²) in [5.41, 5.74) is 2.00. The Hall–Kier alpha value is -2.62. The lowest BCUT2D eigenvalue weighted by Crippen LogP contribution is -2.33. The van der Waals surface area contributed by atoms with Crippen LogP contribution in [0.25, 0.3) is 6.08 Å². The summed E-state index contributed by atoms with van der Waals surface area (Å²) >= 11 is 0. The summed E-state index contributed by atoms with van der Waals surface area (Å²) in [6.45, 7) is 0.570. The molecule has 0 bridgehead atoms. The van der Waals surface area contributed by atoms with Crippen molar-refractivity contribution in [1.82, 2.24) is 10.6 Å². The number of amides is 2. The third-order valence-corrected chi connectivity index (χ3v) is 2.90. The molecule has 0 aliphatic heterocycles. The molecule has 0 aromatic heterocycles. The van der Waals surface area contributed by atoms with E-state index in [2.05, 4.69) is 10.6 Å². The summed E-state index contributed by atoms with van der Waals surface area (Å²) < 4.78 is 12.7. The van der Waals surface area contributed by atoms with Gasteiger partial charge in [-0.1, -0.05) is 42.5 Å². The number of nitrogens with one attached hydrogen (secondary N) is 2. The lowest BCUT2D eigenvalue weighted by atomic mass is 10.1. The van der Waals surface area contributed by atoms with Crippen LogP contribution in [0.15, 0.2) is 60.8 Å². The molecule has 0 heterocycles. The Morgan fingerprint density at radius 3 is 2.48 bits per heavy atom. The fourth-order valence-corrected chi connectivity index (χ4v) is 1.80. The van der Waals surface area contributed by atoms with Crippen LogP contribution in [0.2, 0.25) is 0 Å². The molecule has 0 unspecified atom stereocenters. The smallest absolute Gasteiger partial charge is 0.318 e. The lowest BCUT2D eigenvalue weighted by Gasteiger charge is -2.04. The van der Waals surface area contributed by atoms with Gasteiger partial charge >= 0.3 is 6.03 Å². The molecule has 2 N–H and O–H groups in total. The SMILES string of the molecule is O=C(N/C=C/c1ccc(F)cc1)NCCc1ccccc1. The molecular formula is C17H17FN2O. The minimum atomic E-state index is -0.279. The number of hydrogen-bond acceptors (Lipinski definition) is 1. The van der Waals surface area contributed by atoms with Crippen molar-refractivity contribution >= 4 is 12.1 Å². The Bertz CT molecular complexity index is 594. The van der Waals surface area contributed by atoms with E-state index in [-0.39, 0.29) is 11.8 Å². The van der Waals surface area contributed by atoms with Gasteiger partial charge in [0.2, 0.25) is 0 Å². The summed E-state index contributed by atoms with van der Waals surface area (Å²) in [4.78, 5) is 11.5. The summed E-state index contributed by atoms with van der Waals surface area (Å²) in [5.74, 6) is -0.279. The lowest BCUT2D eigenvalue weighted by molar-refractivity contribution is 0.244. The van der Waals surface area contributed by atoms with Gasteiger partial charge in [-0.15, -0.1) is 0 Å². The third kappa shape index (κ3) is 5.48. The Morgan fingerprint density at radius 2 is 1.76 bits per heavy atom. The molecule has 0 radical (unpaired) electrons. The van der Waals surface area contributed by atoms with Gasteiger partial charge in [0, 0.05) is 12.7 Å². The van der Waals surface area contributed by atoms with Crippen LogP contribution in [-0.4, -0.2) is 12.6 Å². The second-order valence-electron chi connectivity index (χ2n) is 4.52. The van der Waals surface area contributed by atoms with Gasteiger partial charge in [0.15, 0.2) is 0 Å². The predicted octanol–water partition coefficient (Wildman–Crippen LogP) is 3.34. The molecule has 0 spiro atoms. The number of carbonyl (C=O) groups excluding carboxylic acids is 1. The summed E-state index contributed by atoms with van der Waals surface area (Å²) in [6, 6.07) is 15.7. The van der Waals surface area contributed by atoms with E-state index < -0.39 is 0 Å². The zero-order valence-electron chi connectivity index (χ0n) is 11.6. The molecular weight excluding hydrogens is 267 g/mol. The molecule has 3 nitrogen and oxygen atoms in total. The number of rotatable bonds is 5. The number of halogens is 1. The first-order valence-corrected chi connectivity index (χ1v) is 6.74. The number of urea groups is 1. The van der Waals surface area contributed by atoms with Gasteiger partial charge in [-0.2, -0.15) is 0 Å². The number of benzene rings is 2. The van der Waals surface area contributed by atoms with Crippen molar-refractivity contribution in [3.8, 4) is 0 Å². The molecule has 2 rings (SSSR count). The van der Waals surface area contributed by atoms with Crippen molar-refractivity contribution in [3.05, 3.63) is 77.7 Å². The minimum absolute atomic E-state index is 0.260. The molecule has 0 atom stereocenters. The van der Waals surface area contributed by atoms with E-state index in [0.29, 0.717) is 6.54 Å². The molecule has 0 aliphatic carbocycles. The van der Waals surface area contributed by atoms with E-state index in [1.165, 1.54) is 23.9 Å². The van der Waals surface area contributed by atoms with Gasteiger partial charge in [0.25, 0.3) is 0 Å². The molecule has 0 aliphatic rings. The topological polar surface area (TPSA) is 41.1 Å². The van der Waals surface area contributed by atoms with Gasteiger partial charge < -0.3 is 10.6 Å². The first-order valence-electron chi connectivity index (χ1n) is 6.74. The van der Waals surface area contributed by atoms with Gasteiger partial charge in [-0.25, -0.2) is 9.18 Å². The highest BCUT2D eigenvalue weighted by atomic mass is 19.1. The monoisotopic (exact) mass is 284 g/mol. The van der Waals surface area contributed by atoms with Crippen molar-refractivity contribution in [2.24, 2.45) is 0 Å². The molecule has 0 fully saturated rings. The molecule has 0 saturated heterocycles. The van der Waals surface area contributed by atoms with Crippen molar-refractivity contribution < 1.29 is 9.18 Å². The van der Waals surface area contributed by atoms with Crippen molar-refractivity contribution in [2.75, 3.05) is 6.54 Å². The van der Waals surface area contributed by atoms with Crippen molar-refractivity contribution in [2.45, 2.75) is 6.42 Å². The van der Waals surface area contributed by atoms with Crippen LogP contribution in [0.4, 0.5) is 9.18 Å². The minimum Gasteiger partial charge on any atom is -0.338 e. The average Bonchev–Trinajstić information content (AvgIpc) is 2.50. The Balaban J connectivity index is 1.69. The second kappa shape index (κ2) is 7.85. The highest BCUT2D eigenvalue weighted by Gasteiger charge is 1.97. The van der Waals surface area contributed by atoms with E-state index in [9.17, 15) is 9.18 Å².